The summed E-state index contributed by atoms with van der Waals surface area (Å²) in [6.45, 7) is 0.938. The molecule has 88 valence electrons. The Hall–Kier alpha value is -0.900. The summed E-state index contributed by atoms with van der Waals surface area (Å²) >= 11 is 0. The smallest absolute Gasteiger partial charge is 0.0637 e. The van der Waals surface area contributed by atoms with E-state index in [2.05, 4.69) is 29.6 Å². The maximum absolute atomic E-state index is 5.90. The van der Waals surface area contributed by atoms with Crippen molar-refractivity contribution < 1.29 is 0 Å². The number of nitrogens with one attached hydrogen (secondary N) is 1. The average Bonchev–Trinajstić information content (AvgIpc) is 2.29. The van der Waals surface area contributed by atoms with Crippen LogP contribution in [0.25, 0.3) is 0 Å². The fourth-order valence-corrected chi connectivity index (χ4v) is 2.22. The second kappa shape index (κ2) is 4.95. The first-order valence-corrected chi connectivity index (χ1v) is 6.01. The third-order valence-electron chi connectivity index (χ3n) is 3.35. The third kappa shape index (κ3) is 3.30. The lowest BCUT2D eigenvalue weighted by Gasteiger charge is -2.34. The van der Waals surface area contributed by atoms with Crippen LogP contribution in [0.15, 0.2) is 30.3 Å². The van der Waals surface area contributed by atoms with Crippen molar-refractivity contribution >= 4 is 0 Å². The van der Waals surface area contributed by atoms with Crippen LogP contribution in [0.3, 0.4) is 0 Å². The molecule has 2 rings (SSSR count). The highest BCUT2D eigenvalue weighted by Crippen LogP contribution is 2.22. The summed E-state index contributed by atoms with van der Waals surface area (Å²) in [6, 6.07) is 11.0. The minimum atomic E-state index is -0.426. The van der Waals surface area contributed by atoms with Gasteiger partial charge < -0.3 is 16.8 Å². The van der Waals surface area contributed by atoms with Gasteiger partial charge in [-0.05, 0) is 31.2 Å². The lowest BCUT2D eigenvalue weighted by Crippen LogP contribution is -2.54. The van der Waals surface area contributed by atoms with Gasteiger partial charge in [0, 0.05) is 12.6 Å². The van der Waals surface area contributed by atoms with Gasteiger partial charge in [-0.3, -0.25) is 0 Å². The number of hydrogen-bond acceptors (Lipinski definition) is 3. The summed E-state index contributed by atoms with van der Waals surface area (Å²) in [5.74, 6) is 0. The quantitative estimate of drug-likeness (QED) is 0.672. The number of benzene rings is 1. The van der Waals surface area contributed by atoms with Gasteiger partial charge in [0.15, 0.2) is 0 Å². The van der Waals surface area contributed by atoms with Crippen LogP contribution in [0.1, 0.15) is 31.2 Å². The van der Waals surface area contributed by atoms with Crippen LogP contribution < -0.4 is 16.8 Å². The molecule has 1 fully saturated rings. The molecule has 1 aromatic rings. The van der Waals surface area contributed by atoms with Gasteiger partial charge in [-0.1, -0.05) is 30.3 Å². The van der Waals surface area contributed by atoms with Gasteiger partial charge in [-0.2, -0.15) is 0 Å². The van der Waals surface area contributed by atoms with Crippen molar-refractivity contribution in [2.45, 2.75) is 43.9 Å². The van der Waals surface area contributed by atoms with Crippen LogP contribution >= 0.6 is 0 Å². The molecule has 1 saturated carbocycles. The van der Waals surface area contributed by atoms with Crippen LogP contribution in [0.2, 0.25) is 0 Å². The molecule has 0 aliphatic heterocycles. The Morgan fingerprint density at radius 1 is 1.12 bits per heavy atom. The lowest BCUT2D eigenvalue weighted by atomic mass is 9.87. The van der Waals surface area contributed by atoms with Crippen molar-refractivity contribution in [2.75, 3.05) is 0 Å². The molecule has 0 atom stereocenters. The maximum Gasteiger partial charge on any atom is 0.0637 e. The lowest BCUT2D eigenvalue weighted by molar-refractivity contribution is 0.255. The Morgan fingerprint density at radius 2 is 1.75 bits per heavy atom. The van der Waals surface area contributed by atoms with Gasteiger partial charge in [0.2, 0.25) is 0 Å². The molecule has 0 amide bonds. The minimum absolute atomic E-state index is 0.426. The molecule has 5 N–H and O–H groups in total. The van der Waals surface area contributed by atoms with Gasteiger partial charge in [-0.25, -0.2) is 0 Å². The molecule has 0 saturated heterocycles. The zero-order valence-corrected chi connectivity index (χ0v) is 9.65. The van der Waals surface area contributed by atoms with E-state index in [0.717, 1.165) is 32.2 Å². The van der Waals surface area contributed by atoms with Crippen molar-refractivity contribution in [1.29, 1.82) is 0 Å². The average molecular weight is 219 g/mol. The molecular formula is C13H21N3. The zero-order valence-electron chi connectivity index (χ0n) is 9.65. The molecule has 16 heavy (non-hydrogen) atoms. The van der Waals surface area contributed by atoms with Crippen LogP contribution in [0, 0.1) is 0 Å². The zero-order chi connectivity index (χ0) is 11.4. The van der Waals surface area contributed by atoms with Gasteiger partial charge in [-0.15, -0.1) is 0 Å². The first-order chi connectivity index (χ1) is 7.66. The number of nitrogens with two attached hydrogens (primary N) is 2. The predicted molar refractivity (Wildman–Crippen MR) is 66.6 cm³/mol. The summed E-state index contributed by atoms with van der Waals surface area (Å²) in [7, 11) is 0. The molecule has 3 heteroatoms. The third-order valence-corrected chi connectivity index (χ3v) is 3.35. The van der Waals surface area contributed by atoms with Crippen molar-refractivity contribution in [3.8, 4) is 0 Å². The highest BCUT2D eigenvalue weighted by molar-refractivity contribution is 5.14. The molecule has 0 heterocycles. The highest BCUT2D eigenvalue weighted by atomic mass is 15.0. The first kappa shape index (κ1) is 11.6. The van der Waals surface area contributed by atoms with Crippen LogP contribution in [0.5, 0.6) is 0 Å². The van der Waals surface area contributed by atoms with Gasteiger partial charge in [0.05, 0.1) is 5.66 Å². The van der Waals surface area contributed by atoms with E-state index >= 15 is 0 Å². The summed E-state index contributed by atoms with van der Waals surface area (Å²) in [5, 5.41) is 3.56. The van der Waals surface area contributed by atoms with Gasteiger partial charge in [0.1, 0.15) is 0 Å². The van der Waals surface area contributed by atoms with Gasteiger partial charge in [0.25, 0.3) is 0 Å². The normalized spacial score (nSPS) is 20.9. The first-order valence-electron chi connectivity index (χ1n) is 6.01. The summed E-state index contributed by atoms with van der Waals surface area (Å²) < 4.78 is 0. The van der Waals surface area contributed by atoms with E-state index in [1.165, 1.54) is 5.56 Å². The van der Waals surface area contributed by atoms with Crippen molar-refractivity contribution in [2.24, 2.45) is 11.5 Å². The van der Waals surface area contributed by atoms with Crippen molar-refractivity contribution in [3.63, 3.8) is 0 Å². The Bertz CT molecular complexity index is 311. The molecule has 3 nitrogen and oxygen atoms in total. The van der Waals surface area contributed by atoms with Crippen LogP contribution in [0.4, 0.5) is 0 Å². The van der Waals surface area contributed by atoms with E-state index in [1.54, 1.807) is 0 Å². The van der Waals surface area contributed by atoms with E-state index in [1.807, 2.05) is 6.07 Å². The molecule has 0 radical (unpaired) electrons. The molecule has 0 bridgehead atoms. The van der Waals surface area contributed by atoms with Gasteiger partial charge >= 0.3 is 0 Å². The van der Waals surface area contributed by atoms with E-state index < -0.39 is 5.66 Å². The Kier molecular flexibility index (Phi) is 3.59. The Balaban J connectivity index is 1.76. The largest absolute Gasteiger partial charge is 0.313 e. The number of hydrogen-bond donors (Lipinski definition) is 3. The van der Waals surface area contributed by atoms with E-state index in [0.29, 0.717) is 6.04 Å². The predicted octanol–water partition coefficient (Wildman–Crippen LogP) is 1.33. The SMILES string of the molecule is NC1(N)CCC(NCc2ccccc2)CC1. The Labute approximate surface area is 97.2 Å². The van der Waals surface area contributed by atoms with Crippen molar-refractivity contribution in [3.05, 3.63) is 35.9 Å². The molecule has 0 aromatic heterocycles. The molecular weight excluding hydrogens is 198 g/mol. The monoisotopic (exact) mass is 219 g/mol. The summed E-state index contributed by atoms with van der Waals surface area (Å²) in [5.41, 5.74) is 12.7. The molecule has 1 aliphatic rings. The molecule has 1 aromatic carbocycles. The topological polar surface area (TPSA) is 64.1 Å². The highest BCUT2D eigenvalue weighted by Gasteiger charge is 2.27. The van der Waals surface area contributed by atoms with Crippen LogP contribution in [-0.4, -0.2) is 11.7 Å². The standard InChI is InChI=1S/C13H21N3/c14-13(15)8-6-12(7-9-13)16-10-11-4-2-1-3-5-11/h1-5,12,16H,6-10,14-15H2. The second-order valence-electron chi connectivity index (χ2n) is 4.87. The minimum Gasteiger partial charge on any atom is -0.313 e. The second-order valence-corrected chi connectivity index (χ2v) is 4.87. The fraction of sp³-hybridized carbons (Fsp3) is 0.538. The molecule has 1 aliphatic carbocycles. The van der Waals surface area contributed by atoms with Crippen LogP contribution in [-0.2, 0) is 6.54 Å². The van der Waals surface area contributed by atoms with E-state index in [4.69, 9.17) is 11.5 Å². The summed E-state index contributed by atoms with van der Waals surface area (Å²) in [4.78, 5) is 0. The summed E-state index contributed by atoms with van der Waals surface area (Å²) in [6.07, 6.45) is 4.00. The van der Waals surface area contributed by atoms with E-state index in [-0.39, 0.29) is 0 Å². The van der Waals surface area contributed by atoms with E-state index in [9.17, 15) is 0 Å². The molecule has 0 spiro atoms. The maximum atomic E-state index is 5.90. The number of rotatable bonds is 3. The Morgan fingerprint density at radius 3 is 2.38 bits per heavy atom. The fourth-order valence-electron chi connectivity index (χ4n) is 2.22. The molecule has 0 unspecified atom stereocenters. The van der Waals surface area contributed by atoms with Crippen molar-refractivity contribution in [1.82, 2.24) is 5.32 Å².